The second-order valence-corrected chi connectivity index (χ2v) is 16.6. The quantitative estimate of drug-likeness (QED) is 0.217. The van der Waals surface area contributed by atoms with E-state index in [9.17, 15) is 4.79 Å². The predicted octanol–water partition coefficient (Wildman–Crippen LogP) is 7.67. The average molecular weight is 457 g/mol. The molecule has 178 valence electrons. The van der Waals surface area contributed by atoms with Crippen molar-refractivity contribution in [3.05, 3.63) is 41.5 Å². The molecule has 4 atom stereocenters. The third-order valence-corrected chi connectivity index (χ3v) is 14.8. The van der Waals surface area contributed by atoms with Gasteiger partial charge in [-0.15, -0.1) is 0 Å². The highest BCUT2D eigenvalue weighted by atomic mass is 28.4. The fourth-order valence-corrected chi connectivity index (χ4v) is 12.8. The summed E-state index contributed by atoms with van der Waals surface area (Å²) in [6.07, 6.45) is 7.59. The summed E-state index contributed by atoms with van der Waals surface area (Å²) in [6, 6.07) is 8.46. The van der Waals surface area contributed by atoms with Gasteiger partial charge in [0.15, 0.2) is 0 Å². The number of fused-ring (bicyclic) bond motifs is 1. The third-order valence-electron chi connectivity index (χ3n) is 8.73. The lowest BCUT2D eigenvalue weighted by molar-refractivity contribution is -0.108. The van der Waals surface area contributed by atoms with Crippen LogP contribution in [0.1, 0.15) is 85.6 Å². The van der Waals surface area contributed by atoms with Gasteiger partial charge in [-0.2, -0.15) is 0 Å². The highest BCUT2D eigenvalue weighted by Crippen LogP contribution is 2.59. The largest absolute Gasteiger partial charge is 0.497 e. The number of carbonyl (C=O) groups is 1. The van der Waals surface area contributed by atoms with Crippen molar-refractivity contribution in [2.24, 2.45) is 11.3 Å². The number of benzene rings is 1. The molecule has 0 aromatic heterocycles. The summed E-state index contributed by atoms with van der Waals surface area (Å²) in [6.45, 7) is 16.6. The summed E-state index contributed by atoms with van der Waals surface area (Å²) in [5, 5.41) is 0. The molecule has 2 aliphatic carbocycles. The second-order valence-electron chi connectivity index (χ2n) is 11.2. The fraction of sp³-hybridized carbons (Fsp3) is 0.679. The molecule has 0 unspecified atom stereocenters. The Morgan fingerprint density at radius 2 is 1.66 bits per heavy atom. The minimum absolute atomic E-state index is 0.0353. The molecule has 0 radical (unpaired) electrons. The van der Waals surface area contributed by atoms with Crippen LogP contribution in [0.3, 0.4) is 0 Å². The molecule has 1 aromatic carbocycles. The number of methoxy groups -OCH3 is 1. The van der Waals surface area contributed by atoms with E-state index < -0.39 is 8.32 Å². The lowest BCUT2D eigenvalue weighted by atomic mass is 9.60. The molecule has 3 rings (SSSR count). The smallest absolute Gasteiger partial charge is 0.200 e. The van der Waals surface area contributed by atoms with Gasteiger partial charge in [0.25, 0.3) is 0 Å². The van der Waals surface area contributed by atoms with E-state index in [-0.39, 0.29) is 17.4 Å². The Labute approximate surface area is 197 Å². The summed E-state index contributed by atoms with van der Waals surface area (Å²) < 4.78 is 12.7. The highest BCUT2D eigenvalue weighted by Gasteiger charge is 2.54. The van der Waals surface area contributed by atoms with Crippen molar-refractivity contribution >= 4 is 14.6 Å². The van der Waals surface area contributed by atoms with Crippen LogP contribution in [0.5, 0.6) is 5.75 Å². The number of hydrogen-bond donors (Lipinski definition) is 0. The van der Waals surface area contributed by atoms with Gasteiger partial charge in [0, 0.05) is 11.8 Å². The van der Waals surface area contributed by atoms with E-state index in [2.05, 4.69) is 66.7 Å². The zero-order valence-corrected chi connectivity index (χ0v) is 22.5. The van der Waals surface area contributed by atoms with Gasteiger partial charge in [-0.25, -0.2) is 0 Å². The Hall–Kier alpha value is -1.39. The Morgan fingerprint density at radius 3 is 2.16 bits per heavy atom. The molecule has 32 heavy (non-hydrogen) atoms. The van der Waals surface area contributed by atoms with Gasteiger partial charge in [0.05, 0.1) is 13.2 Å². The topological polar surface area (TPSA) is 35.5 Å². The molecule has 1 aromatic rings. The molecule has 2 aliphatic rings. The highest BCUT2D eigenvalue weighted by molar-refractivity contribution is 6.77. The molecule has 4 heteroatoms. The standard InChI is InChI=1S/C28H44O3Si/c1-19(2)32(20(3)4,21(5)6)31-27-14-13-26-25(16-18-29)24(15-17-28(26,27)7)22-9-11-23(30-8)12-10-22/h9-13,18-21,24-25,27H,14-17H2,1-8H3/t24-,25-,27+,28+/m1/s1. The zero-order chi connectivity index (χ0) is 23.7. The number of rotatable bonds is 9. The molecule has 1 saturated carbocycles. The van der Waals surface area contributed by atoms with Crippen LogP contribution >= 0.6 is 0 Å². The van der Waals surface area contributed by atoms with Crippen LogP contribution in [0.15, 0.2) is 35.9 Å². The minimum Gasteiger partial charge on any atom is -0.497 e. The molecular formula is C28H44O3Si. The SMILES string of the molecule is COc1ccc([C@H]2CC[C@@]3(C)C(=CC[C@@H]3O[Si](C(C)C)(C(C)C)C(C)C)[C@@H]2CC=O)cc1. The molecule has 0 heterocycles. The maximum absolute atomic E-state index is 11.7. The normalized spacial score (nSPS) is 28.2. The number of aldehydes is 1. The molecule has 1 fully saturated rings. The lowest BCUT2D eigenvalue weighted by Gasteiger charge is -2.51. The summed E-state index contributed by atoms with van der Waals surface area (Å²) >= 11 is 0. The van der Waals surface area contributed by atoms with Crippen molar-refractivity contribution in [1.82, 2.24) is 0 Å². The maximum Gasteiger partial charge on any atom is 0.200 e. The third kappa shape index (κ3) is 4.25. The van der Waals surface area contributed by atoms with E-state index in [0.717, 1.165) is 31.3 Å². The van der Waals surface area contributed by atoms with Crippen molar-refractivity contribution < 1.29 is 14.0 Å². The zero-order valence-electron chi connectivity index (χ0n) is 21.5. The number of ether oxygens (including phenoxy) is 1. The summed E-state index contributed by atoms with van der Waals surface area (Å²) in [4.78, 5) is 11.7. The van der Waals surface area contributed by atoms with E-state index in [0.29, 0.717) is 29.0 Å². The van der Waals surface area contributed by atoms with Gasteiger partial charge >= 0.3 is 0 Å². The van der Waals surface area contributed by atoms with E-state index >= 15 is 0 Å². The van der Waals surface area contributed by atoms with Crippen LogP contribution in [0, 0.1) is 11.3 Å². The fourth-order valence-electron chi connectivity index (χ4n) is 7.14. The summed E-state index contributed by atoms with van der Waals surface area (Å²) in [5.74, 6) is 1.53. The van der Waals surface area contributed by atoms with E-state index in [1.807, 2.05) is 12.1 Å². The minimum atomic E-state index is -1.96. The van der Waals surface area contributed by atoms with Crippen molar-refractivity contribution in [2.45, 2.75) is 103 Å². The maximum atomic E-state index is 11.7. The molecule has 3 nitrogen and oxygen atoms in total. The van der Waals surface area contributed by atoms with Crippen molar-refractivity contribution in [3.8, 4) is 5.75 Å². The van der Waals surface area contributed by atoms with E-state index in [1.54, 1.807) is 7.11 Å². The molecule has 0 aliphatic heterocycles. The summed E-state index contributed by atoms with van der Waals surface area (Å²) in [7, 11) is -0.262. The lowest BCUT2D eigenvalue weighted by Crippen LogP contribution is -2.53. The molecule has 0 saturated heterocycles. The molecular weight excluding hydrogens is 412 g/mol. The number of carbonyl (C=O) groups excluding carboxylic acids is 1. The van der Waals surface area contributed by atoms with Gasteiger partial charge in [0.2, 0.25) is 8.32 Å². The van der Waals surface area contributed by atoms with Crippen LogP contribution in [0.25, 0.3) is 0 Å². The predicted molar refractivity (Wildman–Crippen MR) is 136 cm³/mol. The van der Waals surface area contributed by atoms with Crippen molar-refractivity contribution in [1.29, 1.82) is 0 Å². The van der Waals surface area contributed by atoms with E-state index in [4.69, 9.17) is 9.16 Å². The van der Waals surface area contributed by atoms with Crippen LogP contribution < -0.4 is 4.74 Å². The first kappa shape index (κ1) is 25.2. The number of hydrogen-bond acceptors (Lipinski definition) is 3. The Bertz CT molecular complexity index is 789. The van der Waals surface area contributed by atoms with Gasteiger partial charge in [-0.1, -0.05) is 72.2 Å². The first-order valence-corrected chi connectivity index (χ1v) is 14.7. The van der Waals surface area contributed by atoms with Gasteiger partial charge < -0.3 is 14.0 Å². The molecule has 0 amide bonds. The van der Waals surface area contributed by atoms with E-state index in [1.165, 1.54) is 11.1 Å². The van der Waals surface area contributed by atoms with Gasteiger partial charge in [0.1, 0.15) is 12.0 Å². The monoisotopic (exact) mass is 456 g/mol. The van der Waals surface area contributed by atoms with Crippen LogP contribution in [-0.2, 0) is 9.22 Å². The molecule has 0 bridgehead atoms. The molecule has 0 spiro atoms. The Balaban J connectivity index is 1.91. The average Bonchev–Trinajstić information content (AvgIpc) is 3.08. The van der Waals surface area contributed by atoms with Gasteiger partial charge in [-0.3, -0.25) is 0 Å². The van der Waals surface area contributed by atoms with Crippen LogP contribution in [-0.4, -0.2) is 27.8 Å². The molecule has 0 N–H and O–H groups in total. The first-order chi connectivity index (χ1) is 15.1. The van der Waals surface area contributed by atoms with Crippen LogP contribution in [0.2, 0.25) is 16.6 Å². The van der Waals surface area contributed by atoms with Crippen molar-refractivity contribution in [2.75, 3.05) is 7.11 Å². The second kappa shape index (κ2) is 9.85. The Kier molecular flexibility index (Phi) is 7.76. The van der Waals surface area contributed by atoms with Crippen LogP contribution in [0.4, 0.5) is 0 Å². The van der Waals surface area contributed by atoms with Gasteiger partial charge in [-0.05, 0) is 65.4 Å². The Morgan fingerprint density at radius 1 is 1.06 bits per heavy atom. The first-order valence-electron chi connectivity index (χ1n) is 12.6. The van der Waals surface area contributed by atoms with Crippen molar-refractivity contribution in [3.63, 3.8) is 0 Å². The summed E-state index contributed by atoms with van der Waals surface area (Å²) in [5.41, 5.74) is 4.57.